The van der Waals surface area contributed by atoms with Crippen molar-refractivity contribution >= 4 is 17.3 Å². The summed E-state index contributed by atoms with van der Waals surface area (Å²) in [6, 6.07) is 2.01. The highest BCUT2D eigenvalue weighted by Gasteiger charge is 2.24. The predicted molar refractivity (Wildman–Crippen MR) is 88.9 cm³/mol. The number of ether oxygens (including phenoxy) is 2. The standard InChI is InChI=1S/C17H20N2O3S/c1-3-22-17(20)15-11-23-16-10-19(5-4-14(15)16)9-12-6-13(21-2)8-18-7-12/h6-8,11H,3-5,9-10H2,1-2H3. The van der Waals surface area contributed by atoms with Gasteiger partial charge in [0.2, 0.25) is 0 Å². The second-order valence-electron chi connectivity index (χ2n) is 5.47. The summed E-state index contributed by atoms with van der Waals surface area (Å²) in [6.45, 7) is 4.86. The Morgan fingerprint density at radius 1 is 1.43 bits per heavy atom. The summed E-state index contributed by atoms with van der Waals surface area (Å²) in [5.74, 6) is 0.580. The number of carbonyl (C=O) groups is 1. The Labute approximate surface area is 139 Å². The normalized spacial score (nSPS) is 14.3. The van der Waals surface area contributed by atoms with Crippen LogP contribution in [0.1, 0.15) is 33.3 Å². The molecule has 1 aliphatic heterocycles. The lowest BCUT2D eigenvalue weighted by molar-refractivity contribution is 0.0525. The average molecular weight is 332 g/mol. The van der Waals surface area contributed by atoms with E-state index in [0.29, 0.717) is 6.61 Å². The van der Waals surface area contributed by atoms with Gasteiger partial charge < -0.3 is 9.47 Å². The third-order valence-electron chi connectivity index (χ3n) is 3.93. The van der Waals surface area contributed by atoms with E-state index in [1.54, 1.807) is 24.6 Å². The number of thiophene rings is 1. The number of hydrogen-bond acceptors (Lipinski definition) is 6. The van der Waals surface area contributed by atoms with Crippen molar-refractivity contribution in [1.29, 1.82) is 0 Å². The molecule has 5 nitrogen and oxygen atoms in total. The van der Waals surface area contributed by atoms with Crippen LogP contribution in [0.2, 0.25) is 0 Å². The molecule has 0 saturated carbocycles. The molecule has 0 fully saturated rings. The lowest BCUT2D eigenvalue weighted by Gasteiger charge is -2.27. The van der Waals surface area contributed by atoms with Crippen LogP contribution in [0.5, 0.6) is 5.75 Å². The number of carbonyl (C=O) groups excluding carboxylic acids is 1. The van der Waals surface area contributed by atoms with Gasteiger partial charge in [-0.1, -0.05) is 0 Å². The molecule has 0 N–H and O–H groups in total. The van der Waals surface area contributed by atoms with E-state index in [-0.39, 0.29) is 5.97 Å². The number of fused-ring (bicyclic) bond motifs is 1. The Hall–Kier alpha value is -1.92. The number of rotatable bonds is 5. The first-order valence-corrected chi connectivity index (χ1v) is 8.55. The molecule has 0 aliphatic carbocycles. The Balaban J connectivity index is 1.70. The monoisotopic (exact) mass is 332 g/mol. The van der Waals surface area contributed by atoms with Crippen LogP contribution < -0.4 is 4.74 Å². The zero-order valence-corrected chi connectivity index (χ0v) is 14.2. The van der Waals surface area contributed by atoms with E-state index in [4.69, 9.17) is 9.47 Å². The van der Waals surface area contributed by atoms with Crippen LogP contribution in [0.25, 0.3) is 0 Å². The average Bonchev–Trinajstić information content (AvgIpc) is 2.98. The van der Waals surface area contributed by atoms with Crippen LogP contribution in [-0.4, -0.2) is 36.1 Å². The first-order valence-electron chi connectivity index (χ1n) is 7.68. The molecule has 2 aromatic heterocycles. The Kier molecular flexibility index (Phi) is 4.93. The Morgan fingerprint density at radius 3 is 3.09 bits per heavy atom. The molecule has 0 unspecified atom stereocenters. The largest absolute Gasteiger partial charge is 0.495 e. The van der Waals surface area contributed by atoms with E-state index in [0.717, 1.165) is 48.5 Å². The fraction of sp³-hybridized carbons (Fsp3) is 0.412. The van der Waals surface area contributed by atoms with Crippen molar-refractivity contribution in [1.82, 2.24) is 9.88 Å². The molecular weight excluding hydrogens is 312 g/mol. The number of pyridine rings is 1. The maximum atomic E-state index is 12.0. The van der Waals surface area contributed by atoms with Gasteiger partial charge in [-0.3, -0.25) is 9.88 Å². The molecule has 6 heteroatoms. The highest BCUT2D eigenvalue weighted by Crippen LogP contribution is 2.30. The number of esters is 1. The zero-order chi connectivity index (χ0) is 16.2. The zero-order valence-electron chi connectivity index (χ0n) is 13.4. The van der Waals surface area contributed by atoms with Gasteiger partial charge in [0.1, 0.15) is 5.75 Å². The fourth-order valence-electron chi connectivity index (χ4n) is 2.82. The smallest absolute Gasteiger partial charge is 0.339 e. The molecule has 0 atom stereocenters. The Morgan fingerprint density at radius 2 is 2.30 bits per heavy atom. The first-order chi connectivity index (χ1) is 11.2. The third-order valence-corrected chi connectivity index (χ3v) is 4.95. The summed E-state index contributed by atoms with van der Waals surface area (Å²) in [7, 11) is 1.65. The third kappa shape index (κ3) is 3.54. The van der Waals surface area contributed by atoms with E-state index in [9.17, 15) is 4.79 Å². The van der Waals surface area contributed by atoms with Crippen LogP contribution in [0.3, 0.4) is 0 Å². The minimum absolute atomic E-state index is 0.199. The van der Waals surface area contributed by atoms with E-state index >= 15 is 0 Å². The van der Waals surface area contributed by atoms with Gasteiger partial charge in [-0.2, -0.15) is 0 Å². The van der Waals surface area contributed by atoms with Gasteiger partial charge in [-0.05, 0) is 30.5 Å². The number of nitrogens with zero attached hydrogens (tertiary/aromatic N) is 2. The van der Waals surface area contributed by atoms with Gasteiger partial charge in [0.25, 0.3) is 0 Å². The maximum absolute atomic E-state index is 12.0. The minimum atomic E-state index is -0.199. The molecule has 0 saturated heterocycles. The summed E-state index contributed by atoms with van der Waals surface area (Å²) in [5.41, 5.74) is 3.04. The van der Waals surface area contributed by atoms with Gasteiger partial charge in [-0.15, -0.1) is 11.3 Å². The SMILES string of the molecule is CCOC(=O)c1csc2c1CCN(Cc1cncc(OC)c1)C2. The molecule has 3 heterocycles. The van der Waals surface area contributed by atoms with Crippen molar-refractivity contribution in [3.05, 3.63) is 45.4 Å². The van der Waals surface area contributed by atoms with Crippen molar-refractivity contribution < 1.29 is 14.3 Å². The molecule has 2 aromatic rings. The molecule has 3 rings (SSSR count). The lowest BCUT2D eigenvalue weighted by atomic mass is 10.0. The lowest BCUT2D eigenvalue weighted by Crippen LogP contribution is -2.30. The molecule has 23 heavy (non-hydrogen) atoms. The van der Waals surface area contributed by atoms with Gasteiger partial charge >= 0.3 is 5.97 Å². The van der Waals surface area contributed by atoms with Crippen molar-refractivity contribution in [3.8, 4) is 5.75 Å². The van der Waals surface area contributed by atoms with Crippen molar-refractivity contribution in [3.63, 3.8) is 0 Å². The summed E-state index contributed by atoms with van der Waals surface area (Å²) in [6.07, 6.45) is 4.46. The molecule has 0 spiro atoms. The molecule has 0 bridgehead atoms. The van der Waals surface area contributed by atoms with Crippen LogP contribution >= 0.6 is 11.3 Å². The van der Waals surface area contributed by atoms with E-state index in [1.807, 2.05) is 24.6 Å². The summed E-state index contributed by atoms with van der Waals surface area (Å²) in [5, 5.41) is 1.93. The van der Waals surface area contributed by atoms with E-state index in [2.05, 4.69) is 9.88 Å². The molecular formula is C17H20N2O3S. The van der Waals surface area contributed by atoms with Crippen LogP contribution in [0, 0.1) is 0 Å². The highest BCUT2D eigenvalue weighted by molar-refractivity contribution is 7.10. The van der Waals surface area contributed by atoms with Crippen LogP contribution in [0.4, 0.5) is 0 Å². The van der Waals surface area contributed by atoms with Crippen molar-refractivity contribution in [2.45, 2.75) is 26.4 Å². The second-order valence-corrected chi connectivity index (χ2v) is 6.43. The van der Waals surface area contributed by atoms with Crippen molar-refractivity contribution in [2.75, 3.05) is 20.3 Å². The van der Waals surface area contributed by atoms with Crippen molar-refractivity contribution in [2.24, 2.45) is 0 Å². The number of hydrogen-bond donors (Lipinski definition) is 0. The number of aromatic nitrogens is 1. The predicted octanol–water partition coefficient (Wildman–Crippen LogP) is 2.89. The van der Waals surface area contributed by atoms with E-state index < -0.39 is 0 Å². The molecule has 1 aliphatic rings. The quantitative estimate of drug-likeness (QED) is 0.788. The Bertz CT molecular complexity index is 699. The topological polar surface area (TPSA) is 51.7 Å². The fourth-order valence-corrected chi connectivity index (χ4v) is 3.93. The van der Waals surface area contributed by atoms with E-state index in [1.165, 1.54) is 4.88 Å². The first kappa shape index (κ1) is 16.0. The van der Waals surface area contributed by atoms with Gasteiger partial charge in [0, 0.05) is 36.1 Å². The van der Waals surface area contributed by atoms with Gasteiger partial charge in [0.15, 0.2) is 0 Å². The summed E-state index contributed by atoms with van der Waals surface area (Å²) in [4.78, 5) is 19.8. The molecule has 0 aromatic carbocycles. The molecule has 0 amide bonds. The highest BCUT2D eigenvalue weighted by atomic mass is 32.1. The second kappa shape index (κ2) is 7.10. The molecule has 0 radical (unpaired) electrons. The van der Waals surface area contributed by atoms with Gasteiger partial charge in [0.05, 0.1) is 25.5 Å². The summed E-state index contributed by atoms with van der Waals surface area (Å²) >= 11 is 1.65. The minimum Gasteiger partial charge on any atom is -0.495 e. The van der Waals surface area contributed by atoms with Crippen LogP contribution in [0.15, 0.2) is 23.8 Å². The summed E-state index contributed by atoms with van der Waals surface area (Å²) < 4.78 is 10.4. The van der Waals surface area contributed by atoms with Gasteiger partial charge in [-0.25, -0.2) is 4.79 Å². The maximum Gasteiger partial charge on any atom is 0.339 e. The number of methoxy groups -OCH3 is 1. The molecule has 122 valence electrons. The van der Waals surface area contributed by atoms with Crippen LogP contribution in [-0.2, 0) is 24.2 Å².